The molecule has 4 heteroatoms. The molecule has 0 saturated carbocycles. The average molecular weight is 266 g/mol. The Bertz CT molecular complexity index is 417. The summed E-state index contributed by atoms with van der Waals surface area (Å²) in [6.07, 6.45) is 2.34. The predicted molar refractivity (Wildman–Crippen MR) is 74.7 cm³/mol. The van der Waals surface area contributed by atoms with Gasteiger partial charge in [-0.1, -0.05) is 13.0 Å². The van der Waals surface area contributed by atoms with Crippen LogP contribution in [-0.4, -0.2) is 47.6 Å². The van der Waals surface area contributed by atoms with Gasteiger partial charge in [0, 0.05) is 12.6 Å². The van der Waals surface area contributed by atoms with E-state index in [1.165, 1.54) is 25.0 Å². The van der Waals surface area contributed by atoms with Crippen molar-refractivity contribution in [1.82, 2.24) is 9.80 Å². The Morgan fingerprint density at radius 1 is 1.37 bits per heavy atom. The van der Waals surface area contributed by atoms with Crippen LogP contribution in [0.15, 0.2) is 18.2 Å². The topological polar surface area (TPSA) is 26.7 Å². The Hall–Kier alpha value is -1.13. The summed E-state index contributed by atoms with van der Waals surface area (Å²) in [7, 11) is 2.09. The van der Waals surface area contributed by atoms with Crippen molar-refractivity contribution in [2.75, 3.05) is 26.7 Å². The number of phenols is 1. The number of hydrogen-bond donors (Lipinski definition) is 1. The maximum Gasteiger partial charge on any atom is 0.165 e. The van der Waals surface area contributed by atoms with E-state index in [4.69, 9.17) is 0 Å². The molecule has 106 valence electrons. The van der Waals surface area contributed by atoms with E-state index in [0.29, 0.717) is 6.04 Å². The van der Waals surface area contributed by atoms with E-state index in [9.17, 15) is 9.50 Å². The number of phenolic OH excluding ortho intramolecular Hbond substituents is 1. The number of rotatable bonds is 4. The zero-order valence-corrected chi connectivity index (χ0v) is 11.8. The SMILES string of the molecule is CCN1CCC(N(C)Cc2ccc(O)c(F)c2)CC1. The molecule has 0 aliphatic carbocycles. The molecule has 0 spiro atoms. The molecule has 0 atom stereocenters. The lowest BCUT2D eigenvalue weighted by Crippen LogP contribution is -2.42. The Balaban J connectivity index is 1.90. The number of nitrogens with zero attached hydrogens (tertiary/aromatic N) is 2. The molecule has 0 unspecified atom stereocenters. The molecule has 1 fully saturated rings. The van der Waals surface area contributed by atoms with Crippen LogP contribution in [0.2, 0.25) is 0 Å². The Morgan fingerprint density at radius 3 is 2.63 bits per heavy atom. The van der Waals surface area contributed by atoms with Gasteiger partial charge in [0.05, 0.1) is 0 Å². The zero-order chi connectivity index (χ0) is 13.8. The lowest BCUT2D eigenvalue weighted by molar-refractivity contribution is 0.127. The molecule has 19 heavy (non-hydrogen) atoms. The highest BCUT2D eigenvalue weighted by Crippen LogP contribution is 2.20. The third-order valence-electron chi connectivity index (χ3n) is 4.07. The number of likely N-dealkylation sites (tertiary alicyclic amines) is 1. The van der Waals surface area contributed by atoms with Crippen LogP contribution in [-0.2, 0) is 6.54 Å². The molecule has 0 bridgehead atoms. The predicted octanol–water partition coefficient (Wildman–Crippen LogP) is 2.45. The number of benzene rings is 1. The minimum absolute atomic E-state index is 0.275. The molecular weight excluding hydrogens is 243 g/mol. The van der Waals surface area contributed by atoms with Crippen molar-refractivity contribution in [2.24, 2.45) is 0 Å². The van der Waals surface area contributed by atoms with Crippen LogP contribution in [0.1, 0.15) is 25.3 Å². The van der Waals surface area contributed by atoms with Crippen LogP contribution in [0.25, 0.3) is 0 Å². The molecule has 1 aromatic carbocycles. The second-order valence-electron chi connectivity index (χ2n) is 5.37. The van der Waals surface area contributed by atoms with Gasteiger partial charge in [-0.05, 0) is 57.2 Å². The Morgan fingerprint density at radius 2 is 2.05 bits per heavy atom. The van der Waals surface area contributed by atoms with Gasteiger partial charge >= 0.3 is 0 Å². The van der Waals surface area contributed by atoms with E-state index in [1.54, 1.807) is 6.07 Å². The lowest BCUT2D eigenvalue weighted by Gasteiger charge is -2.36. The summed E-state index contributed by atoms with van der Waals surface area (Å²) in [6, 6.07) is 5.21. The molecule has 0 radical (unpaired) electrons. The number of halogens is 1. The highest BCUT2D eigenvalue weighted by Gasteiger charge is 2.21. The van der Waals surface area contributed by atoms with E-state index < -0.39 is 5.82 Å². The van der Waals surface area contributed by atoms with Crippen LogP contribution in [0.3, 0.4) is 0 Å². The van der Waals surface area contributed by atoms with E-state index in [0.717, 1.165) is 31.7 Å². The number of piperidine rings is 1. The maximum absolute atomic E-state index is 13.3. The van der Waals surface area contributed by atoms with Crippen molar-refractivity contribution in [1.29, 1.82) is 0 Å². The van der Waals surface area contributed by atoms with Gasteiger partial charge in [0.2, 0.25) is 0 Å². The standard InChI is InChI=1S/C15H23FN2O/c1-3-18-8-6-13(7-9-18)17(2)11-12-4-5-15(19)14(16)10-12/h4-5,10,13,19H,3,6-9,11H2,1-2H3. The first kappa shape index (κ1) is 14.3. The smallest absolute Gasteiger partial charge is 0.165 e. The minimum Gasteiger partial charge on any atom is -0.505 e. The second kappa shape index (κ2) is 6.35. The van der Waals surface area contributed by atoms with Gasteiger partial charge in [-0.3, -0.25) is 4.90 Å². The van der Waals surface area contributed by atoms with Crippen molar-refractivity contribution in [2.45, 2.75) is 32.4 Å². The van der Waals surface area contributed by atoms with Crippen molar-refractivity contribution < 1.29 is 9.50 Å². The van der Waals surface area contributed by atoms with Crippen molar-refractivity contribution >= 4 is 0 Å². The quantitative estimate of drug-likeness (QED) is 0.907. The summed E-state index contributed by atoms with van der Waals surface area (Å²) >= 11 is 0. The van der Waals surface area contributed by atoms with E-state index in [-0.39, 0.29) is 5.75 Å². The summed E-state index contributed by atoms with van der Waals surface area (Å²) in [5.41, 5.74) is 0.913. The van der Waals surface area contributed by atoms with Gasteiger partial charge in [-0.15, -0.1) is 0 Å². The molecule has 1 saturated heterocycles. The van der Waals surface area contributed by atoms with Crippen LogP contribution >= 0.6 is 0 Å². The molecule has 0 aromatic heterocycles. The van der Waals surface area contributed by atoms with Gasteiger partial charge in [0.15, 0.2) is 11.6 Å². The number of hydrogen-bond acceptors (Lipinski definition) is 3. The zero-order valence-electron chi connectivity index (χ0n) is 11.8. The molecule has 0 amide bonds. The molecule has 1 aliphatic rings. The molecular formula is C15H23FN2O. The normalized spacial score (nSPS) is 18.1. The molecule has 2 rings (SSSR count). The fraction of sp³-hybridized carbons (Fsp3) is 0.600. The van der Waals surface area contributed by atoms with Crippen LogP contribution < -0.4 is 0 Å². The first-order valence-corrected chi connectivity index (χ1v) is 7.00. The highest BCUT2D eigenvalue weighted by atomic mass is 19.1. The van der Waals surface area contributed by atoms with E-state index >= 15 is 0 Å². The van der Waals surface area contributed by atoms with Gasteiger partial charge < -0.3 is 10.0 Å². The summed E-state index contributed by atoms with van der Waals surface area (Å²) in [5.74, 6) is -0.811. The Labute approximate surface area is 114 Å². The highest BCUT2D eigenvalue weighted by molar-refractivity contribution is 5.27. The molecule has 1 N–H and O–H groups in total. The van der Waals surface area contributed by atoms with E-state index in [2.05, 4.69) is 23.8 Å². The first-order chi connectivity index (χ1) is 9.10. The first-order valence-electron chi connectivity index (χ1n) is 7.00. The summed E-state index contributed by atoms with van der Waals surface area (Å²) in [6.45, 7) is 6.35. The largest absolute Gasteiger partial charge is 0.505 e. The van der Waals surface area contributed by atoms with Gasteiger partial charge in [-0.25, -0.2) is 4.39 Å². The summed E-state index contributed by atoms with van der Waals surface area (Å²) < 4.78 is 13.3. The summed E-state index contributed by atoms with van der Waals surface area (Å²) in [5, 5.41) is 9.19. The van der Waals surface area contributed by atoms with Crippen molar-refractivity contribution in [3.8, 4) is 5.75 Å². The molecule has 3 nitrogen and oxygen atoms in total. The fourth-order valence-electron chi connectivity index (χ4n) is 2.74. The van der Waals surface area contributed by atoms with Crippen LogP contribution in [0.4, 0.5) is 4.39 Å². The fourth-order valence-corrected chi connectivity index (χ4v) is 2.74. The summed E-state index contributed by atoms with van der Waals surface area (Å²) in [4.78, 5) is 4.75. The van der Waals surface area contributed by atoms with Crippen molar-refractivity contribution in [3.05, 3.63) is 29.6 Å². The van der Waals surface area contributed by atoms with E-state index in [1.807, 2.05) is 0 Å². The second-order valence-corrected chi connectivity index (χ2v) is 5.37. The average Bonchev–Trinajstić information content (AvgIpc) is 2.43. The van der Waals surface area contributed by atoms with Gasteiger partial charge in [0.25, 0.3) is 0 Å². The van der Waals surface area contributed by atoms with Crippen LogP contribution in [0, 0.1) is 5.82 Å². The third kappa shape index (κ3) is 3.67. The molecule has 1 heterocycles. The molecule has 1 aliphatic heterocycles. The Kier molecular flexibility index (Phi) is 4.77. The van der Waals surface area contributed by atoms with Gasteiger partial charge in [0.1, 0.15) is 0 Å². The molecule has 1 aromatic rings. The van der Waals surface area contributed by atoms with Crippen LogP contribution in [0.5, 0.6) is 5.75 Å². The maximum atomic E-state index is 13.3. The number of aromatic hydroxyl groups is 1. The minimum atomic E-state index is -0.535. The van der Waals surface area contributed by atoms with Gasteiger partial charge in [-0.2, -0.15) is 0 Å². The lowest BCUT2D eigenvalue weighted by atomic mass is 10.0. The monoisotopic (exact) mass is 266 g/mol. The van der Waals surface area contributed by atoms with Crippen molar-refractivity contribution in [3.63, 3.8) is 0 Å². The third-order valence-corrected chi connectivity index (χ3v) is 4.07.